The number of imide groups is 1. The lowest BCUT2D eigenvalue weighted by Crippen LogP contribution is -2.49. The van der Waals surface area contributed by atoms with E-state index in [-0.39, 0.29) is 35.7 Å². The Hall–Kier alpha value is -3.29. The van der Waals surface area contributed by atoms with Gasteiger partial charge in [0.1, 0.15) is 0 Å². The predicted octanol–water partition coefficient (Wildman–Crippen LogP) is 2.45. The van der Waals surface area contributed by atoms with Crippen LogP contribution in [-0.4, -0.2) is 58.9 Å². The molecule has 30 heavy (non-hydrogen) atoms. The minimum absolute atomic E-state index is 0.108. The van der Waals surface area contributed by atoms with Crippen molar-refractivity contribution in [1.82, 2.24) is 9.80 Å². The van der Waals surface area contributed by atoms with Crippen molar-refractivity contribution in [2.75, 3.05) is 19.6 Å². The van der Waals surface area contributed by atoms with E-state index in [2.05, 4.69) is 4.99 Å². The average Bonchev–Trinajstić information content (AvgIpc) is 2.93. The topological polar surface area (TPSA) is 96.1 Å². The molecule has 0 aromatic heterocycles. The van der Waals surface area contributed by atoms with Gasteiger partial charge in [-0.25, -0.2) is 4.39 Å². The van der Waals surface area contributed by atoms with Crippen LogP contribution in [0.2, 0.25) is 0 Å². The van der Waals surface area contributed by atoms with Crippen LogP contribution < -0.4 is 5.73 Å². The first-order chi connectivity index (χ1) is 14.1. The number of nitrogens with zero attached hydrogens (tertiary/aromatic N) is 3. The molecule has 0 radical (unpaired) electrons. The quantitative estimate of drug-likeness (QED) is 0.594. The van der Waals surface area contributed by atoms with E-state index in [0.29, 0.717) is 36.1 Å². The Morgan fingerprint density at radius 1 is 1.13 bits per heavy atom. The Balaban J connectivity index is 1.69. The van der Waals surface area contributed by atoms with Crippen LogP contribution in [0.1, 0.15) is 47.9 Å². The summed E-state index contributed by atoms with van der Waals surface area (Å²) in [7, 11) is 0. The zero-order valence-corrected chi connectivity index (χ0v) is 17.3. The molecule has 0 unspecified atom stereocenters. The number of aliphatic imine (C=N–C) groups is 1. The second kappa shape index (κ2) is 8.22. The van der Waals surface area contributed by atoms with Crippen LogP contribution in [0.5, 0.6) is 0 Å². The summed E-state index contributed by atoms with van der Waals surface area (Å²) in [4.78, 5) is 44.5. The Morgan fingerprint density at radius 2 is 1.73 bits per heavy atom. The molecule has 0 atom stereocenters. The number of carbonyl (C=O) groups excluding carboxylic acids is 3. The summed E-state index contributed by atoms with van der Waals surface area (Å²) in [5.74, 6) is -1.15. The van der Waals surface area contributed by atoms with E-state index in [0.717, 1.165) is 4.90 Å². The zero-order valence-electron chi connectivity index (χ0n) is 17.3. The second-order valence-corrected chi connectivity index (χ2v) is 8.30. The highest BCUT2D eigenvalue weighted by molar-refractivity contribution is 6.21. The summed E-state index contributed by atoms with van der Waals surface area (Å²) < 4.78 is 13.4. The first kappa shape index (κ1) is 21.4. The fraction of sp³-hybridized carbons (Fsp3) is 0.364. The molecule has 3 rings (SSSR count). The maximum Gasteiger partial charge on any atom is 0.261 e. The molecule has 1 aromatic carbocycles. The molecule has 2 N–H and O–H groups in total. The molecule has 2 aliphatic heterocycles. The van der Waals surface area contributed by atoms with Crippen molar-refractivity contribution in [3.05, 3.63) is 58.6 Å². The fourth-order valence-corrected chi connectivity index (χ4v) is 3.49. The Labute approximate surface area is 174 Å². The fourth-order valence-electron chi connectivity index (χ4n) is 3.49. The standard InChI is InChI=1S/C22H25FN4O3/c1-22(2,3)27-9-8-18(24)17(21(27)30)12-25-11-14(10-23)13-26-19(28)15-6-4-5-7-16(15)20(26)29/h4-7,10,12H,8-9,11,13,24H2,1-3H3/b14-10-,25-12?. The minimum Gasteiger partial charge on any atom is -0.401 e. The van der Waals surface area contributed by atoms with Crippen LogP contribution in [0, 0.1) is 0 Å². The molecule has 0 aliphatic carbocycles. The van der Waals surface area contributed by atoms with Crippen LogP contribution in [0.3, 0.4) is 0 Å². The molecule has 8 heteroatoms. The van der Waals surface area contributed by atoms with Crippen molar-refractivity contribution in [2.24, 2.45) is 10.7 Å². The molecule has 0 saturated carbocycles. The molecule has 2 heterocycles. The molecule has 1 aromatic rings. The lowest BCUT2D eigenvalue weighted by molar-refractivity contribution is -0.131. The van der Waals surface area contributed by atoms with Crippen LogP contribution >= 0.6 is 0 Å². The molecular weight excluding hydrogens is 387 g/mol. The normalized spacial score (nSPS) is 18.1. The number of hydrogen-bond acceptors (Lipinski definition) is 5. The van der Waals surface area contributed by atoms with E-state index in [1.54, 1.807) is 29.2 Å². The number of halogens is 1. The first-order valence-corrected chi connectivity index (χ1v) is 9.69. The van der Waals surface area contributed by atoms with Crippen molar-refractivity contribution in [2.45, 2.75) is 32.7 Å². The highest BCUT2D eigenvalue weighted by atomic mass is 19.1. The maximum absolute atomic E-state index is 13.4. The highest BCUT2D eigenvalue weighted by Crippen LogP contribution is 2.24. The Bertz CT molecular complexity index is 953. The molecular formula is C22H25FN4O3. The van der Waals surface area contributed by atoms with Crippen LogP contribution in [-0.2, 0) is 4.79 Å². The Kier molecular flexibility index (Phi) is 5.87. The average molecular weight is 412 g/mol. The third kappa shape index (κ3) is 4.03. The Morgan fingerprint density at radius 3 is 2.27 bits per heavy atom. The van der Waals surface area contributed by atoms with Gasteiger partial charge in [0.05, 0.1) is 36.1 Å². The van der Waals surface area contributed by atoms with Gasteiger partial charge in [-0.15, -0.1) is 0 Å². The number of benzene rings is 1. The van der Waals surface area contributed by atoms with E-state index in [1.165, 1.54) is 6.21 Å². The van der Waals surface area contributed by atoms with Gasteiger partial charge in [-0.1, -0.05) is 12.1 Å². The molecule has 0 bridgehead atoms. The summed E-state index contributed by atoms with van der Waals surface area (Å²) in [6.45, 7) is 6.02. The van der Waals surface area contributed by atoms with E-state index in [9.17, 15) is 18.8 Å². The second-order valence-electron chi connectivity index (χ2n) is 8.30. The van der Waals surface area contributed by atoms with E-state index >= 15 is 0 Å². The van der Waals surface area contributed by atoms with Gasteiger partial charge >= 0.3 is 0 Å². The van der Waals surface area contributed by atoms with Gasteiger partial charge in [-0.2, -0.15) is 0 Å². The van der Waals surface area contributed by atoms with Gasteiger partial charge < -0.3 is 10.6 Å². The minimum atomic E-state index is -0.464. The third-order valence-electron chi connectivity index (χ3n) is 5.14. The van der Waals surface area contributed by atoms with E-state index in [4.69, 9.17) is 5.73 Å². The van der Waals surface area contributed by atoms with Crippen LogP contribution in [0.4, 0.5) is 4.39 Å². The van der Waals surface area contributed by atoms with E-state index < -0.39 is 11.8 Å². The smallest absolute Gasteiger partial charge is 0.261 e. The zero-order chi connectivity index (χ0) is 22.1. The number of amides is 3. The molecule has 0 saturated heterocycles. The van der Waals surface area contributed by atoms with Crippen LogP contribution in [0.15, 0.2) is 52.4 Å². The van der Waals surface area contributed by atoms with Crippen molar-refractivity contribution < 1.29 is 18.8 Å². The number of rotatable bonds is 5. The van der Waals surface area contributed by atoms with Gasteiger partial charge in [0, 0.05) is 30.4 Å². The molecule has 0 fully saturated rings. The number of fused-ring (bicyclic) bond motifs is 1. The largest absolute Gasteiger partial charge is 0.401 e. The number of nitrogens with two attached hydrogens (primary N) is 1. The van der Waals surface area contributed by atoms with Gasteiger partial charge in [0.15, 0.2) is 0 Å². The lowest BCUT2D eigenvalue weighted by Gasteiger charge is -2.38. The van der Waals surface area contributed by atoms with Crippen LogP contribution in [0.25, 0.3) is 0 Å². The van der Waals surface area contributed by atoms with Gasteiger partial charge in [0.2, 0.25) is 0 Å². The third-order valence-corrected chi connectivity index (χ3v) is 5.14. The number of hydrogen-bond donors (Lipinski definition) is 1. The summed E-state index contributed by atoms with van der Waals surface area (Å²) in [6.07, 6.45) is 2.22. The molecule has 3 amide bonds. The van der Waals surface area contributed by atoms with Crippen molar-refractivity contribution in [3.8, 4) is 0 Å². The lowest BCUT2D eigenvalue weighted by atomic mass is 9.98. The summed E-state index contributed by atoms with van der Waals surface area (Å²) in [6, 6.07) is 6.47. The maximum atomic E-state index is 13.4. The van der Waals surface area contributed by atoms with Gasteiger partial charge in [-0.05, 0) is 38.5 Å². The van der Waals surface area contributed by atoms with Gasteiger partial charge in [-0.3, -0.25) is 24.3 Å². The summed E-state index contributed by atoms with van der Waals surface area (Å²) in [5, 5.41) is 0. The van der Waals surface area contributed by atoms with E-state index in [1.807, 2.05) is 20.8 Å². The monoisotopic (exact) mass is 412 g/mol. The summed E-state index contributed by atoms with van der Waals surface area (Å²) in [5.41, 5.74) is 7.11. The van der Waals surface area contributed by atoms with Crippen molar-refractivity contribution >= 4 is 23.9 Å². The molecule has 2 aliphatic rings. The predicted molar refractivity (Wildman–Crippen MR) is 112 cm³/mol. The highest BCUT2D eigenvalue weighted by Gasteiger charge is 2.35. The molecule has 0 spiro atoms. The summed E-state index contributed by atoms with van der Waals surface area (Å²) >= 11 is 0. The SMILES string of the molecule is CC(C)(C)N1CCC(N)=C(C=NC/C(=C/F)CN2C(=O)c3ccccc3C2=O)C1=O. The van der Waals surface area contributed by atoms with Gasteiger partial charge in [0.25, 0.3) is 17.7 Å². The number of carbonyl (C=O) groups is 3. The van der Waals surface area contributed by atoms with Crippen molar-refractivity contribution in [1.29, 1.82) is 0 Å². The van der Waals surface area contributed by atoms with Crippen molar-refractivity contribution in [3.63, 3.8) is 0 Å². The molecule has 7 nitrogen and oxygen atoms in total. The molecule has 158 valence electrons. The first-order valence-electron chi connectivity index (χ1n) is 9.69.